The van der Waals surface area contributed by atoms with Crippen LogP contribution in [0.15, 0.2) is 18.2 Å². The maximum Gasteiger partial charge on any atom is 0.101 e. The van der Waals surface area contributed by atoms with E-state index >= 15 is 0 Å². The zero-order valence-electron chi connectivity index (χ0n) is 10.8. The van der Waals surface area contributed by atoms with Crippen LogP contribution in [0.3, 0.4) is 0 Å². The summed E-state index contributed by atoms with van der Waals surface area (Å²) in [7, 11) is 0. The molecule has 0 radical (unpaired) electrons. The number of rotatable bonds is 3. The fraction of sp³-hybridized carbons (Fsp3) is 0.533. The molecule has 0 saturated heterocycles. The van der Waals surface area contributed by atoms with Gasteiger partial charge in [-0.15, -0.1) is 0 Å². The van der Waals surface area contributed by atoms with Crippen molar-refractivity contribution in [2.24, 2.45) is 0 Å². The minimum absolute atomic E-state index is 0.556. The Morgan fingerprint density at radius 1 is 1.33 bits per heavy atom. The molecule has 0 spiro atoms. The van der Waals surface area contributed by atoms with E-state index in [1.807, 2.05) is 18.2 Å². The van der Waals surface area contributed by atoms with Crippen LogP contribution in [0.1, 0.15) is 44.6 Å². The molecule has 2 nitrogen and oxygen atoms in total. The van der Waals surface area contributed by atoms with E-state index in [1.54, 1.807) is 0 Å². The topological polar surface area (TPSA) is 27.0 Å². The lowest BCUT2D eigenvalue weighted by molar-refractivity contribution is 0.418. The Balaban J connectivity index is 2.21. The third-order valence-corrected chi connectivity index (χ3v) is 4.07. The van der Waals surface area contributed by atoms with Crippen LogP contribution < -0.4 is 4.90 Å². The number of hydrogen-bond donors (Lipinski definition) is 0. The van der Waals surface area contributed by atoms with Crippen LogP contribution in [0.5, 0.6) is 0 Å². The van der Waals surface area contributed by atoms with Gasteiger partial charge in [-0.3, -0.25) is 0 Å². The number of nitriles is 1. The van der Waals surface area contributed by atoms with E-state index in [-0.39, 0.29) is 0 Å². The molecule has 0 amide bonds. The zero-order chi connectivity index (χ0) is 13.0. The number of benzene rings is 1. The summed E-state index contributed by atoms with van der Waals surface area (Å²) in [5.41, 5.74) is 1.70. The number of hydrogen-bond acceptors (Lipinski definition) is 2. The highest BCUT2D eigenvalue weighted by molar-refractivity contribution is 6.32. The third-order valence-electron chi connectivity index (χ3n) is 3.76. The summed E-state index contributed by atoms with van der Waals surface area (Å²) < 4.78 is 0. The average Bonchev–Trinajstić information content (AvgIpc) is 2.41. The molecule has 1 fully saturated rings. The zero-order valence-corrected chi connectivity index (χ0v) is 11.6. The summed E-state index contributed by atoms with van der Waals surface area (Å²) in [5.74, 6) is 0. The normalized spacial score (nSPS) is 16.3. The van der Waals surface area contributed by atoms with E-state index in [2.05, 4.69) is 17.9 Å². The Hall–Kier alpha value is -1.20. The minimum atomic E-state index is 0.556. The summed E-state index contributed by atoms with van der Waals surface area (Å²) >= 11 is 6.12. The maximum atomic E-state index is 8.91. The molecule has 3 heteroatoms. The Morgan fingerprint density at radius 2 is 2.06 bits per heavy atom. The molecule has 0 aliphatic heterocycles. The second-order valence-electron chi connectivity index (χ2n) is 4.85. The summed E-state index contributed by atoms with van der Waals surface area (Å²) in [6.07, 6.45) is 6.55. The fourth-order valence-electron chi connectivity index (χ4n) is 2.82. The first kappa shape index (κ1) is 13.2. The molecule has 0 unspecified atom stereocenters. The molecule has 0 heterocycles. The molecule has 18 heavy (non-hydrogen) atoms. The Bertz CT molecular complexity index is 444. The van der Waals surface area contributed by atoms with E-state index in [1.165, 1.54) is 32.1 Å². The molecule has 0 N–H and O–H groups in total. The van der Waals surface area contributed by atoms with Crippen LogP contribution in [0.25, 0.3) is 0 Å². The van der Waals surface area contributed by atoms with E-state index in [0.717, 1.165) is 12.2 Å². The van der Waals surface area contributed by atoms with Gasteiger partial charge in [0.1, 0.15) is 6.07 Å². The van der Waals surface area contributed by atoms with Gasteiger partial charge in [0.25, 0.3) is 0 Å². The molecule has 1 aromatic rings. The molecule has 0 aromatic heterocycles. The Labute approximate surface area is 114 Å². The largest absolute Gasteiger partial charge is 0.369 e. The summed E-state index contributed by atoms with van der Waals surface area (Å²) in [5, 5.41) is 9.47. The van der Waals surface area contributed by atoms with Crippen LogP contribution in [-0.2, 0) is 0 Å². The highest BCUT2D eigenvalue weighted by Crippen LogP contribution is 2.29. The van der Waals surface area contributed by atoms with Gasteiger partial charge in [-0.1, -0.05) is 30.9 Å². The van der Waals surface area contributed by atoms with Crippen LogP contribution in [0, 0.1) is 11.3 Å². The summed E-state index contributed by atoms with van der Waals surface area (Å²) in [6.45, 7) is 3.17. The summed E-state index contributed by atoms with van der Waals surface area (Å²) in [6, 6.07) is 8.51. The van der Waals surface area contributed by atoms with E-state index < -0.39 is 0 Å². The van der Waals surface area contributed by atoms with Crippen molar-refractivity contribution in [1.82, 2.24) is 0 Å². The van der Waals surface area contributed by atoms with Crippen molar-refractivity contribution >= 4 is 17.3 Å². The third kappa shape index (κ3) is 2.79. The van der Waals surface area contributed by atoms with Gasteiger partial charge in [-0.25, -0.2) is 0 Å². The monoisotopic (exact) mass is 262 g/mol. The molecular formula is C15H19ClN2. The van der Waals surface area contributed by atoms with Crippen molar-refractivity contribution in [3.05, 3.63) is 28.8 Å². The lowest BCUT2D eigenvalue weighted by Gasteiger charge is -2.35. The van der Waals surface area contributed by atoms with Crippen molar-refractivity contribution in [3.63, 3.8) is 0 Å². The first-order valence-corrected chi connectivity index (χ1v) is 7.10. The van der Waals surface area contributed by atoms with Crippen LogP contribution >= 0.6 is 11.6 Å². The highest BCUT2D eigenvalue weighted by atomic mass is 35.5. The molecule has 1 saturated carbocycles. The van der Waals surface area contributed by atoms with Gasteiger partial charge >= 0.3 is 0 Å². The first-order valence-electron chi connectivity index (χ1n) is 6.72. The van der Waals surface area contributed by atoms with Gasteiger partial charge in [0.15, 0.2) is 0 Å². The molecule has 0 atom stereocenters. The van der Waals surface area contributed by atoms with Crippen molar-refractivity contribution in [3.8, 4) is 6.07 Å². The average molecular weight is 263 g/mol. The maximum absolute atomic E-state index is 8.91. The smallest absolute Gasteiger partial charge is 0.101 e. The quantitative estimate of drug-likeness (QED) is 0.809. The van der Waals surface area contributed by atoms with Crippen molar-refractivity contribution < 1.29 is 0 Å². The number of halogens is 1. The van der Waals surface area contributed by atoms with E-state index in [0.29, 0.717) is 16.6 Å². The minimum Gasteiger partial charge on any atom is -0.369 e. The van der Waals surface area contributed by atoms with E-state index in [9.17, 15) is 0 Å². The molecule has 96 valence electrons. The lowest BCUT2D eigenvalue weighted by Crippen LogP contribution is -2.36. The van der Waals surface area contributed by atoms with Gasteiger partial charge in [-0.2, -0.15) is 5.26 Å². The second-order valence-corrected chi connectivity index (χ2v) is 5.26. The van der Waals surface area contributed by atoms with Crippen molar-refractivity contribution in [1.29, 1.82) is 5.26 Å². The van der Waals surface area contributed by atoms with Crippen LogP contribution in [0.4, 0.5) is 5.69 Å². The number of anilines is 1. The fourth-order valence-corrected chi connectivity index (χ4v) is 3.03. The molecule has 2 rings (SSSR count). The standard InChI is InChI=1S/C15H19ClN2/c1-2-18(13-6-4-3-5-7-13)14-9-8-12(11-17)15(16)10-14/h8-10,13H,2-7H2,1H3. The first-order chi connectivity index (χ1) is 8.76. The van der Waals surface area contributed by atoms with Crippen molar-refractivity contribution in [2.45, 2.75) is 45.1 Å². The molecule has 1 aliphatic rings. The van der Waals surface area contributed by atoms with Gasteiger partial charge in [0.05, 0.1) is 10.6 Å². The van der Waals surface area contributed by atoms with E-state index in [4.69, 9.17) is 16.9 Å². The SMILES string of the molecule is CCN(c1ccc(C#N)c(Cl)c1)C1CCCCC1. The van der Waals surface area contributed by atoms with Crippen LogP contribution in [-0.4, -0.2) is 12.6 Å². The molecular weight excluding hydrogens is 244 g/mol. The number of nitrogens with zero attached hydrogens (tertiary/aromatic N) is 2. The molecule has 1 aliphatic carbocycles. The van der Waals surface area contributed by atoms with Crippen LogP contribution in [0.2, 0.25) is 5.02 Å². The predicted molar refractivity (Wildman–Crippen MR) is 76.1 cm³/mol. The van der Waals surface area contributed by atoms with Crippen molar-refractivity contribution in [2.75, 3.05) is 11.4 Å². The molecule has 0 bridgehead atoms. The second kappa shape index (κ2) is 6.11. The lowest BCUT2D eigenvalue weighted by atomic mass is 9.93. The van der Waals surface area contributed by atoms with Gasteiger partial charge in [-0.05, 0) is 38.0 Å². The van der Waals surface area contributed by atoms with Gasteiger partial charge in [0, 0.05) is 18.3 Å². The van der Waals surface area contributed by atoms with Gasteiger partial charge < -0.3 is 4.90 Å². The van der Waals surface area contributed by atoms with Gasteiger partial charge in [0.2, 0.25) is 0 Å². The highest BCUT2D eigenvalue weighted by Gasteiger charge is 2.20. The predicted octanol–water partition coefficient (Wildman–Crippen LogP) is 4.37. The Morgan fingerprint density at radius 3 is 2.61 bits per heavy atom. The Kier molecular flexibility index (Phi) is 4.49. The molecule has 1 aromatic carbocycles. The summed E-state index contributed by atoms with van der Waals surface area (Å²) in [4.78, 5) is 2.42.